The first-order chi connectivity index (χ1) is 12.0. The number of hydrogen-bond donors (Lipinski definition) is 1. The second-order valence-electron chi connectivity index (χ2n) is 6.51. The van der Waals surface area contributed by atoms with Gasteiger partial charge < -0.3 is 9.64 Å². The lowest BCUT2D eigenvalue weighted by atomic mass is 10.1. The molecular weight excluding hydrogens is 330 g/mol. The van der Waals surface area contributed by atoms with Crippen LogP contribution in [0.1, 0.15) is 35.7 Å². The number of hydrogen-bond acceptors (Lipinski definition) is 4. The summed E-state index contributed by atoms with van der Waals surface area (Å²) in [5.74, 6) is -1.11. The molecule has 1 aliphatic heterocycles. The summed E-state index contributed by atoms with van der Waals surface area (Å²) in [5, 5.41) is 6.85. The topological polar surface area (TPSA) is 71.1 Å². The first-order valence-corrected chi connectivity index (χ1v) is 8.28. The van der Waals surface area contributed by atoms with Gasteiger partial charge in [0.2, 0.25) is 5.91 Å². The van der Waals surface area contributed by atoms with E-state index in [-0.39, 0.29) is 29.4 Å². The van der Waals surface area contributed by atoms with Gasteiger partial charge in [-0.25, -0.2) is 13.8 Å². The molecule has 1 aromatic carbocycles. The standard InChI is InChI=1S/C17H18F2N4O2/c1-9-20-16(22-21-9)14-8-23(5-6-25-14)17(24)12-7-11(12)10-3-2-4-13(18)15(10)19/h2-4,11-12,14H,5-8H2,1H3,(H,20,21,22)/t11-,12-,14-/m0/s1. The van der Waals surface area contributed by atoms with Gasteiger partial charge in [-0.3, -0.25) is 9.89 Å². The van der Waals surface area contributed by atoms with Crippen molar-refractivity contribution in [3.05, 3.63) is 47.0 Å². The van der Waals surface area contributed by atoms with Crippen LogP contribution in [0.2, 0.25) is 0 Å². The Labute approximate surface area is 143 Å². The lowest BCUT2D eigenvalue weighted by Crippen LogP contribution is -2.43. The zero-order valence-corrected chi connectivity index (χ0v) is 13.7. The highest BCUT2D eigenvalue weighted by molar-refractivity contribution is 5.83. The van der Waals surface area contributed by atoms with Crippen LogP contribution in [0.4, 0.5) is 8.78 Å². The molecule has 1 saturated heterocycles. The number of halogens is 2. The molecule has 1 saturated carbocycles. The van der Waals surface area contributed by atoms with Crippen molar-refractivity contribution in [2.75, 3.05) is 19.7 Å². The van der Waals surface area contributed by atoms with Crippen molar-refractivity contribution in [1.82, 2.24) is 20.1 Å². The lowest BCUT2D eigenvalue weighted by molar-refractivity contribution is -0.140. The van der Waals surface area contributed by atoms with Crippen molar-refractivity contribution < 1.29 is 18.3 Å². The summed E-state index contributed by atoms with van der Waals surface area (Å²) in [6.45, 7) is 3.04. The number of H-pyrrole nitrogens is 1. The Morgan fingerprint density at radius 3 is 3.00 bits per heavy atom. The van der Waals surface area contributed by atoms with Gasteiger partial charge in [0, 0.05) is 12.5 Å². The van der Waals surface area contributed by atoms with Crippen LogP contribution < -0.4 is 0 Å². The minimum absolute atomic E-state index is 0.0470. The molecule has 0 unspecified atom stereocenters. The number of aromatic nitrogens is 3. The van der Waals surface area contributed by atoms with E-state index in [1.54, 1.807) is 17.9 Å². The lowest BCUT2D eigenvalue weighted by Gasteiger charge is -2.32. The highest BCUT2D eigenvalue weighted by Crippen LogP contribution is 2.49. The Morgan fingerprint density at radius 1 is 1.40 bits per heavy atom. The van der Waals surface area contributed by atoms with E-state index < -0.39 is 11.6 Å². The Hall–Kier alpha value is -2.35. The molecule has 2 heterocycles. The molecule has 8 heteroatoms. The molecule has 25 heavy (non-hydrogen) atoms. The van der Waals surface area contributed by atoms with Crippen molar-refractivity contribution in [1.29, 1.82) is 0 Å². The maximum atomic E-state index is 13.9. The van der Waals surface area contributed by atoms with Crippen LogP contribution >= 0.6 is 0 Å². The molecule has 3 atom stereocenters. The summed E-state index contributed by atoms with van der Waals surface area (Å²) in [6, 6.07) is 4.11. The maximum Gasteiger partial charge on any atom is 0.226 e. The Bertz CT molecular complexity index is 810. The van der Waals surface area contributed by atoms with Crippen molar-refractivity contribution >= 4 is 5.91 Å². The summed E-state index contributed by atoms with van der Waals surface area (Å²) in [4.78, 5) is 18.7. The Kier molecular flexibility index (Phi) is 3.99. The Morgan fingerprint density at radius 2 is 2.24 bits per heavy atom. The summed E-state index contributed by atoms with van der Waals surface area (Å²) >= 11 is 0. The van der Waals surface area contributed by atoms with Gasteiger partial charge >= 0.3 is 0 Å². The molecule has 1 aliphatic carbocycles. The van der Waals surface area contributed by atoms with Crippen LogP contribution in [0.25, 0.3) is 0 Å². The number of aromatic amines is 1. The highest BCUT2D eigenvalue weighted by atomic mass is 19.2. The predicted molar refractivity (Wildman–Crippen MR) is 83.6 cm³/mol. The second kappa shape index (κ2) is 6.18. The van der Waals surface area contributed by atoms with E-state index in [2.05, 4.69) is 15.2 Å². The third-order valence-electron chi connectivity index (χ3n) is 4.77. The van der Waals surface area contributed by atoms with E-state index in [0.717, 1.165) is 6.07 Å². The average molecular weight is 348 g/mol. The molecule has 1 amide bonds. The number of carbonyl (C=O) groups excluding carboxylic acids is 1. The molecule has 2 fully saturated rings. The normalized spacial score (nSPS) is 25.9. The van der Waals surface area contributed by atoms with E-state index >= 15 is 0 Å². The van der Waals surface area contributed by atoms with Crippen molar-refractivity contribution in [3.8, 4) is 0 Å². The highest BCUT2D eigenvalue weighted by Gasteiger charge is 2.48. The van der Waals surface area contributed by atoms with Crippen LogP contribution in [0, 0.1) is 24.5 Å². The maximum absolute atomic E-state index is 13.9. The third-order valence-corrected chi connectivity index (χ3v) is 4.77. The number of rotatable bonds is 3. The van der Waals surface area contributed by atoms with Gasteiger partial charge in [-0.1, -0.05) is 12.1 Å². The summed E-state index contributed by atoms with van der Waals surface area (Å²) in [7, 11) is 0. The summed E-state index contributed by atoms with van der Waals surface area (Å²) < 4.78 is 33.0. The van der Waals surface area contributed by atoms with Crippen LogP contribution in [0.15, 0.2) is 18.2 Å². The zero-order chi connectivity index (χ0) is 17.6. The predicted octanol–water partition coefficient (Wildman–Crippen LogP) is 2.09. The molecule has 6 nitrogen and oxygen atoms in total. The zero-order valence-electron chi connectivity index (χ0n) is 13.7. The molecule has 132 valence electrons. The smallest absolute Gasteiger partial charge is 0.226 e. The molecule has 0 spiro atoms. The van der Waals surface area contributed by atoms with E-state index in [9.17, 15) is 13.6 Å². The van der Waals surface area contributed by atoms with E-state index in [1.165, 1.54) is 6.07 Å². The molecule has 2 aliphatic rings. The number of benzene rings is 1. The fraction of sp³-hybridized carbons (Fsp3) is 0.471. The minimum atomic E-state index is -0.873. The van der Waals surface area contributed by atoms with Gasteiger partial charge in [-0.15, -0.1) is 0 Å². The second-order valence-corrected chi connectivity index (χ2v) is 6.51. The monoisotopic (exact) mass is 348 g/mol. The van der Waals surface area contributed by atoms with Gasteiger partial charge in [0.15, 0.2) is 17.5 Å². The van der Waals surface area contributed by atoms with Gasteiger partial charge in [-0.2, -0.15) is 5.10 Å². The Balaban J connectivity index is 1.44. The first-order valence-electron chi connectivity index (χ1n) is 8.28. The summed E-state index contributed by atoms with van der Waals surface area (Å²) in [5.41, 5.74) is 0.285. The molecule has 0 bridgehead atoms. The van der Waals surface area contributed by atoms with E-state index in [1.807, 2.05) is 0 Å². The number of ether oxygens (including phenoxy) is 1. The van der Waals surface area contributed by atoms with Gasteiger partial charge in [-0.05, 0) is 30.9 Å². The fourth-order valence-electron chi connectivity index (χ4n) is 3.36. The van der Waals surface area contributed by atoms with Crippen molar-refractivity contribution in [2.45, 2.75) is 25.4 Å². The van der Waals surface area contributed by atoms with Gasteiger partial charge in [0.05, 0.1) is 13.2 Å². The SMILES string of the molecule is Cc1nc([C@@H]2CN(C(=O)[C@H]3C[C@H]3c3cccc(F)c3F)CCO2)n[nH]1. The summed E-state index contributed by atoms with van der Waals surface area (Å²) in [6.07, 6.45) is 0.173. The van der Waals surface area contributed by atoms with Gasteiger partial charge in [0.25, 0.3) is 0 Å². The number of carbonyl (C=O) groups is 1. The van der Waals surface area contributed by atoms with E-state index in [4.69, 9.17) is 4.74 Å². The minimum Gasteiger partial charge on any atom is -0.366 e. The van der Waals surface area contributed by atoms with Crippen LogP contribution in [-0.4, -0.2) is 45.7 Å². The molecule has 1 aromatic heterocycles. The van der Waals surface area contributed by atoms with Gasteiger partial charge in [0.1, 0.15) is 11.9 Å². The number of morpholine rings is 1. The van der Waals surface area contributed by atoms with E-state index in [0.29, 0.717) is 37.8 Å². The third kappa shape index (κ3) is 3.02. The number of nitrogens with one attached hydrogen (secondary N) is 1. The van der Waals surface area contributed by atoms with Crippen molar-refractivity contribution in [3.63, 3.8) is 0 Å². The molecule has 4 rings (SSSR count). The largest absolute Gasteiger partial charge is 0.366 e. The van der Waals surface area contributed by atoms with Crippen LogP contribution in [-0.2, 0) is 9.53 Å². The van der Waals surface area contributed by atoms with Crippen LogP contribution in [0.5, 0.6) is 0 Å². The molecule has 2 aromatic rings. The number of amides is 1. The van der Waals surface area contributed by atoms with Crippen molar-refractivity contribution in [2.24, 2.45) is 5.92 Å². The fourth-order valence-corrected chi connectivity index (χ4v) is 3.36. The first kappa shape index (κ1) is 16.1. The van der Waals surface area contributed by atoms with Crippen LogP contribution in [0.3, 0.4) is 0 Å². The molecule has 1 N–H and O–H groups in total. The number of aryl methyl sites for hydroxylation is 1. The average Bonchev–Trinajstić information content (AvgIpc) is 3.29. The quantitative estimate of drug-likeness (QED) is 0.922. The molecule has 0 radical (unpaired) electrons. The number of nitrogens with zero attached hydrogens (tertiary/aromatic N) is 3. The molecular formula is C17H18F2N4O2.